The Kier molecular flexibility index (Phi) is 6.53. The van der Waals surface area contributed by atoms with Crippen molar-refractivity contribution in [1.29, 1.82) is 0 Å². The third-order valence-corrected chi connectivity index (χ3v) is 4.27. The highest BCUT2D eigenvalue weighted by atomic mass is 16.2. The lowest BCUT2D eigenvalue weighted by Gasteiger charge is -2.14. The Bertz CT molecular complexity index is 752. The van der Waals surface area contributed by atoms with Gasteiger partial charge in [-0.25, -0.2) is 4.98 Å². The third-order valence-electron chi connectivity index (χ3n) is 4.27. The molecule has 2 aromatic rings. The van der Waals surface area contributed by atoms with Crippen molar-refractivity contribution in [2.45, 2.75) is 65.5 Å². The number of hydrogen-bond donors (Lipinski definition) is 1. The molecule has 1 atom stereocenters. The number of aromatic nitrogens is 2. The minimum atomic E-state index is -0.172. The number of carbonyl (C=O) groups excluding carboxylic acids is 1. The van der Waals surface area contributed by atoms with Gasteiger partial charge < -0.3 is 5.32 Å². The van der Waals surface area contributed by atoms with Crippen LogP contribution in [0.15, 0.2) is 29.3 Å². The summed E-state index contributed by atoms with van der Waals surface area (Å²) in [5.41, 5.74) is 1.49. The molecule has 0 aliphatic heterocycles. The minimum absolute atomic E-state index is 0.00894. The summed E-state index contributed by atoms with van der Waals surface area (Å²) >= 11 is 0. The van der Waals surface area contributed by atoms with Gasteiger partial charge in [-0.05, 0) is 31.9 Å². The number of aryl methyl sites for hydroxylation is 1. The Hall–Kier alpha value is -2.17. The Morgan fingerprint density at radius 1 is 1.29 bits per heavy atom. The lowest BCUT2D eigenvalue weighted by molar-refractivity contribution is -0.122. The van der Waals surface area contributed by atoms with Crippen LogP contribution in [-0.4, -0.2) is 21.5 Å². The molecule has 0 saturated heterocycles. The molecule has 1 N–H and O–H groups in total. The normalized spacial score (nSPS) is 12.3. The smallest absolute Gasteiger partial charge is 0.261 e. The van der Waals surface area contributed by atoms with E-state index in [1.165, 1.54) is 30.2 Å². The number of rotatable bonds is 8. The molecule has 0 aliphatic carbocycles. The lowest BCUT2D eigenvalue weighted by Crippen LogP contribution is -2.37. The maximum absolute atomic E-state index is 12.5. The topological polar surface area (TPSA) is 64.0 Å². The standard InChI is InChI=1S/C19H27N3O2/c1-4-5-6-7-10-15(3)21-17(23)12-22-13-20-18-14(2)9-8-11-16(18)19(22)24/h8-9,11,13,15H,4-7,10,12H2,1-3H3,(H,21,23). The van der Waals surface area contributed by atoms with E-state index in [9.17, 15) is 9.59 Å². The molecule has 0 fully saturated rings. The van der Waals surface area contributed by atoms with Crippen LogP contribution in [0.3, 0.4) is 0 Å². The molecule has 0 spiro atoms. The van der Waals surface area contributed by atoms with Crippen LogP contribution in [0.1, 0.15) is 51.5 Å². The predicted octanol–water partition coefficient (Wildman–Crippen LogP) is 3.18. The summed E-state index contributed by atoms with van der Waals surface area (Å²) in [6.07, 6.45) is 7.19. The first-order valence-electron chi connectivity index (χ1n) is 8.77. The zero-order valence-corrected chi connectivity index (χ0v) is 14.8. The van der Waals surface area contributed by atoms with Crippen LogP contribution < -0.4 is 10.9 Å². The molecule has 24 heavy (non-hydrogen) atoms. The number of amides is 1. The number of para-hydroxylation sites is 1. The second-order valence-electron chi connectivity index (χ2n) is 6.47. The molecule has 0 bridgehead atoms. The molecule has 5 heteroatoms. The van der Waals surface area contributed by atoms with Gasteiger partial charge in [0.1, 0.15) is 6.54 Å². The van der Waals surface area contributed by atoms with Gasteiger partial charge >= 0.3 is 0 Å². The molecule has 5 nitrogen and oxygen atoms in total. The van der Waals surface area contributed by atoms with Gasteiger partial charge in [-0.1, -0.05) is 44.7 Å². The summed E-state index contributed by atoms with van der Waals surface area (Å²) in [6, 6.07) is 5.64. The quantitative estimate of drug-likeness (QED) is 0.757. The molecule has 1 aromatic carbocycles. The fourth-order valence-electron chi connectivity index (χ4n) is 2.87. The van der Waals surface area contributed by atoms with E-state index >= 15 is 0 Å². The van der Waals surface area contributed by atoms with Crippen LogP contribution in [0.25, 0.3) is 10.9 Å². The number of unbranched alkanes of at least 4 members (excludes halogenated alkanes) is 3. The molecule has 1 heterocycles. The van der Waals surface area contributed by atoms with Crippen molar-refractivity contribution in [3.05, 3.63) is 40.4 Å². The Balaban J connectivity index is 1.98. The first kappa shape index (κ1) is 18.2. The third kappa shape index (κ3) is 4.66. The van der Waals surface area contributed by atoms with E-state index < -0.39 is 0 Å². The number of fused-ring (bicyclic) bond motifs is 1. The SMILES string of the molecule is CCCCCCC(C)NC(=O)Cn1cnc2c(C)cccc2c1=O. The van der Waals surface area contributed by atoms with Crippen molar-refractivity contribution >= 4 is 16.8 Å². The monoisotopic (exact) mass is 329 g/mol. The molecular formula is C19H27N3O2. The van der Waals surface area contributed by atoms with Crippen LogP contribution >= 0.6 is 0 Å². The van der Waals surface area contributed by atoms with E-state index in [-0.39, 0.29) is 24.1 Å². The zero-order chi connectivity index (χ0) is 17.5. The lowest BCUT2D eigenvalue weighted by atomic mass is 10.1. The summed E-state index contributed by atoms with van der Waals surface area (Å²) in [5.74, 6) is -0.145. The highest BCUT2D eigenvalue weighted by Gasteiger charge is 2.11. The average molecular weight is 329 g/mol. The molecule has 130 valence electrons. The minimum Gasteiger partial charge on any atom is -0.352 e. The molecule has 1 aromatic heterocycles. The highest BCUT2D eigenvalue weighted by molar-refractivity contribution is 5.81. The molecule has 0 saturated carbocycles. The van der Waals surface area contributed by atoms with E-state index in [4.69, 9.17) is 0 Å². The van der Waals surface area contributed by atoms with Crippen LogP contribution in [0, 0.1) is 6.92 Å². The van der Waals surface area contributed by atoms with Crippen LogP contribution in [-0.2, 0) is 11.3 Å². The summed E-state index contributed by atoms with van der Waals surface area (Å²) in [5, 5.41) is 3.52. The van der Waals surface area contributed by atoms with Crippen molar-refractivity contribution in [3.8, 4) is 0 Å². The summed E-state index contributed by atoms with van der Waals surface area (Å²) in [6.45, 7) is 6.12. The zero-order valence-electron chi connectivity index (χ0n) is 14.8. The maximum Gasteiger partial charge on any atom is 0.261 e. The van der Waals surface area contributed by atoms with Gasteiger partial charge in [-0.3, -0.25) is 14.2 Å². The first-order chi connectivity index (χ1) is 11.5. The Morgan fingerprint density at radius 3 is 2.83 bits per heavy atom. The second kappa shape index (κ2) is 8.62. The van der Waals surface area contributed by atoms with Crippen LogP contribution in [0.5, 0.6) is 0 Å². The van der Waals surface area contributed by atoms with E-state index in [1.807, 2.05) is 26.0 Å². The predicted molar refractivity (Wildman–Crippen MR) is 97.1 cm³/mol. The highest BCUT2D eigenvalue weighted by Crippen LogP contribution is 2.11. The number of hydrogen-bond acceptors (Lipinski definition) is 3. The van der Waals surface area contributed by atoms with Crippen molar-refractivity contribution in [2.24, 2.45) is 0 Å². The maximum atomic E-state index is 12.5. The van der Waals surface area contributed by atoms with E-state index in [2.05, 4.69) is 17.2 Å². The summed E-state index contributed by atoms with van der Waals surface area (Å²) in [4.78, 5) is 29.0. The van der Waals surface area contributed by atoms with Gasteiger partial charge in [-0.2, -0.15) is 0 Å². The largest absolute Gasteiger partial charge is 0.352 e. The second-order valence-corrected chi connectivity index (χ2v) is 6.47. The van der Waals surface area contributed by atoms with Crippen LogP contribution in [0.2, 0.25) is 0 Å². The first-order valence-corrected chi connectivity index (χ1v) is 8.77. The molecule has 1 amide bonds. The molecule has 0 aliphatic rings. The van der Waals surface area contributed by atoms with Gasteiger partial charge in [0.05, 0.1) is 17.2 Å². The van der Waals surface area contributed by atoms with E-state index in [0.717, 1.165) is 18.4 Å². The van der Waals surface area contributed by atoms with Gasteiger partial charge in [0, 0.05) is 6.04 Å². The summed E-state index contributed by atoms with van der Waals surface area (Å²) < 4.78 is 1.38. The van der Waals surface area contributed by atoms with E-state index in [0.29, 0.717) is 10.9 Å². The van der Waals surface area contributed by atoms with Crippen molar-refractivity contribution in [3.63, 3.8) is 0 Å². The van der Waals surface area contributed by atoms with Crippen LogP contribution in [0.4, 0.5) is 0 Å². The molecular weight excluding hydrogens is 302 g/mol. The average Bonchev–Trinajstić information content (AvgIpc) is 2.55. The number of nitrogens with zero attached hydrogens (tertiary/aromatic N) is 2. The van der Waals surface area contributed by atoms with Crippen molar-refractivity contribution in [1.82, 2.24) is 14.9 Å². The van der Waals surface area contributed by atoms with Gasteiger partial charge in [0.2, 0.25) is 5.91 Å². The number of carbonyl (C=O) groups is 1. The van der Waals surface area contributed by atoms with Gasteiger partial charge in [0.15, 0.2) is 0 Å². The fraction of sp³-hybridized carbons (Fsp3) is 0.526. The van der Waals surface area contributed by atoms with Crippen molar-refractivity contribution in [2.75, 3.05) is 0 Å². The number of benzene rings is 1. The Morgan fingerprint density at radius 2 is 2.08 bits per heavy atom. The Labute approximate surface area is 143 Å². The van der Waals surface area contributed by atoms with E-state index in [1.54, 1.807) is 6.07 Å². The fourth-order valence-corrected chi connectivity index (χ4v) is 2.87. The van der Waals surface area contributed by atoms with Gasteiger partial charge in [0.25, 0.3) is 5.56 Å². The molecule has 0 radical (unpaired) electrons. The number of nitrogens with one attached hydrogen (secondary N) is 1. The van der Waals surface area contributed by atoms with Gasteiger partial charge in [-0.15, -0.1) is 0 Å². The summed E-state index contributed by atoms with van der Waals surface area (Å²) in [7, 11) is 0. The van der Waals surface area contributed by atoms with Crippen molar-refractivity contribution < 1.29 is 4.79 Å². The molecule has 2 rings (SSSR count). The molecule has 1 unspecified atom stereocenters.